The van der Waals surface area contributed by atoms with E-state index in [1.807, 2.05) is 37.3 Å². The van der Waals surface area contributed by atoms with Gasteiger partial charge in [0.15, 0.2) is 11.5 Å². The van der Waals surface area contributed by atoms with Gasteiger partial charge < -0.3 is 11.1 Å². The molecule has 0 radical (unpaired) electrons. The van der Waals surface area contributed by atoms with E-state index in [2.05, 4.69) is 26.5 Å². The Morgan fingerprint density at radius 1 is 1.11 bits per heavy atom. The number of hydrogen-bond donors (Lipinski definition) is 2. The van der Waals surface area contributed by atoms with Crippen molar-refractivity contribution in [3.63, 3.8) is 0 Å². The first-order valence-electron chi connectivity index (χ1n) is 8.43. The summed E-state index contributed by atoms with van der Waals surface area (Å²) in [6.07, 6.45) is 4.27. The normalized spacial score (nSPS) is 10.2. The number of aryl methyl sites for hydroxylation is 2. The number of nitrogens with two attached hydrogens (primary N) is 1. The van der Waals surface area contributed by atoms with Crippen molar-refractivity contribution in [1.29, 1.82) is 10.5 Å². The number of anilines is 2. The zero-order valence-electron chi connectivity index (χ0n) is 14.8. The van der Waals surface area contributed by atoms with Crippen LogP contribution in [-0.2, 0) is 6.42 Å². The Morgan fingerprint density at radius 3 is 2.56 bits per heavy atom. The van der Waals surface area contributed by atoms with Crippen LogP contribution in [0.1, 0.15) is 28.9 Å². The number of nitrogen functional groups attached to an aromatic ring is 1. The van der Waals surface area contributed by atoms with E-state index in [0.717, 1.165) is 11.3 Å². The van der Waals surface area contributed by atoms with Crippen molar-refractivity contribution in [3.05, 3.63) is 59.2 Å². The second kappa shape index (κ2) is 7.98. The summed E-state index contributed by atoms with van der Waals surface area (Å²) in [5.41, 5.74) is 9.38. The van der Waals surface area contributed by atoms with Crippen LogP contribution in [0.15, 0.2) is 36.7 Å². The first-order chi connectivity index (χ1) is 13.1. The summed E-state index contributed by atoms with van der Waals surface area (Å²) in [6, 6.07) is 11.9. The van der Waals surface area contributed by atoms with Crippen LogP contribution in [0.3, 0.4) is 0 Å². The maximum Gasteiger partial charge on any atom is 0.182 e. The molecule has 2 heterocycles. The highest BCUT2D eigenvalue weighted by Crippen LogP contribution is 2.22. The largest absolute Gasteiger partial charge is 0.382 e. The molecule has 0 bridgehead atoms. The molecule has 134 valence electrons. The summed E-state index contributed by atoms with van der Waals surface area (Å²) in [6.45, 7) is 2.57. The van der Waals surface area contributed by atoms with Crippen LogP contribution < -0.4 is 11.1 Å². The van der Waals surface area contributed by atoms with Crippen LogP contribution in [0.2, 0.25) is 0 Å². The van der Waals surface area contributed by atoms with Crippen molar-refractivity contribution in [2.24, 2.45) is 0 Å². The second-order valence-corrected chi connectivity index (χ2v) is 5.96. The van der Waals surface area contributed by atoms with Gasteiger partial charge in [-0.25, -0.2) is 14.6 Å². The molecule has 0 unspecified atom stereocenters. The summed E-state index contributed by atoms with van der Waals surface area (Å²) in [4.78, 5) is 8.06. The Hall–Kier alpha value is -3.91. The molecule has 0 saturated heterocycles. The Labute approximate surface area is 156 Å². The third-order valence-electron chi connectivity index (χ3n) is 4.07. The molecule has 1 aromatic carbocycles. The summed E-state index contributed by atoms with van der Waals surface area (Å²) >= 11 is 0. The van der Waals surface area contributed by atoms with Crippen molar-refractivity contribution >= 4 is 11.6 Å². The Morgan fingerprint density at radius 2 is 1.85 bits per heavy atom. The molecule has 2 aromatic heterocycles. The van der Waals surface area contributed by atoms with E-state index in [4.69, 9.17) is 11.0 Å². The highest BCUT2D eigenvalue weighted by molar-refractivity contribution is 5.56. The number of hydrogen-bond acceptors (Lipinski definition) is 7. The average Bonchev–Trinajstić information content (AvgIpc) is 3.01. The van der Waals surface area contributed by atoms with Crippen LogP contribution in [0.25, 0.3) is 5.69 Å². The maximum absolute atomic E-state index is 9.45. The van der Waals surface area contributed by atoms with Gasteiger partial charge in [-0.3, -0.25) is 0 Å². The third-order valence-corrected chi connectivity index (χ3v) is 4.07. The lowest BCUT2D eigenvalue weighted by Gasteiger charge is -2.05. The van der Waals surface area contributed by atoms with Crippen LogP contribution in [0.4, 0.5) is 11.6 Å². The molecule has 0 amide bonds. The van der Waals surface area contributed by atoms with Crippen molar-refractivity contribution in [1.82, 2.24) is 19.7 Å². The fourth-order valence-electron chi connectivity index (χ4n) is 2.67. The Kier molecular flexibility index (Phi) is 5.29. The predicted octanol–water partition coefficient (Wildman–Crippen LogP) is 2.34. The van der Waals surface area contributed by atoms with E-state index in [1.54, 1.807) is 4.68 Å². The molecule has 8 nitrogen and oxygen atoms in total. The minimum absolute atomic E-state index is 0.253. The lowest BCUT2D eigenvalue weighted by atomic mass is 10.1. The highest BCUT2D eigenvalue weighted by atomic mass is 15.3. The van der Waals surface area contributed by atoms with E-state index >= 15 is 0 Å². The van der Waals surface area contributed by atoms with E-state index in [9.17, 15) is 5.26 Å². The van der Waals surface area contributed by atoms with Crippen LogP contribution in [0.5, 0.6) is 0 Å². The first kappa shape index (κ1) is 17.9. The molecule has 0 atom stereocenters. The molecule has 0 fully saturated rings. The van der Waals surface area contributed by atoms with E-state index < -0.39 is 0 Å². The Balaban J connectivity index is 1.70. The Bertz CT molecular complexity index is 1020. The van der Waals surface area contributed by atoms with Gasteiger partial charge >= 0.3 is 0 Å². The molecule has 3 rings (SSSR count). The highest BCUT2D eigenvalue weighted by Gasteiger charge is 2.16. The predicted molar refractivity (Wildman–Crippen MR) is 101 cm³/mol. The van der Waals surface area contributed by atoms with Gasteiger partial charge in [0.25, 0.3) is 0 Å². The fraction of sp³-hybridized carbons (Fsp3) is 0.211. The van der Waals surface area contributed by atoms with Crippen LogP contribution in [0, 0.1) is 29.6 Å². The minimum atomic E-state index is 0.253. The molecule has 3 N–H and O–H groups in total. The van der Waals surface area contributed by atoms with E-state index in [0.29, 0.717) is 42.3 Å². The average molecular weight is 358 g/mol. The van der Waals surface area contributed by atoms with Gasteiger partial charge in [-0.15, -0.1) is 0 Å². The van der Waals surface area contributed by atoms with Crippen LogP contribution in [-0.4, -0.2) is 26.3 Å². The molecule has 3 aromatic rings. The summed E-state index contributed by atoms with van der Waals surface area (Å²) in [5, 5.41) is 26.1. The number of nitrogens with one attached hydrogen (secondary N) is 1. The smallest absolute Gasteiger partial charge is 0.182 e. The SMILES string of the molecule is Cc1ccc(-n2nc(CCCNc3nccnc3C#N)c(C#N)c2N)cc1. The second-order valence-electron chi connectivity index (χ2n) is 5.96. The molecule has 0 aliphatic carbocycles. The maximum atomic E-state index is 9.45. The van der Waals surface area contributed by atoms with Gasteiger partial charge in [-0.05, 0) is 31.9 Å². The van der Waals surface area contributed by atoms with Gasteiger partial charge in [0, 0.05) is 18.9 Å². The topological polar surface area (TPSA) is 129 Å². The zero-order chi connectivity index (χ0) is 19.2. The summed E-state index contributed by atoms with van der Waals surface area (Å²) in [7, 11) is 0. The third kappa shape index (κ3) is 3.86. The number of benzene rings is 1. The lowest BCUT2D eigenvalue weighted by Crippen LogP contribution is -2.07. The van der Waals surface area contributed by atoms with E-state index in [1.165, 1.54) is 12.4 Å². The quantitative estimate of drug-likeness (QED) is 0.647. The first-order valence-corrected chi connectivity index (χ1v) is 8.43. The number of nitriles is 2. The monoisotopic (exact) mass is 358 g/mol. The molecule has 0 saturated carbocycles. The van der Waals surface area contributed by atoms with Gasteiger partial charge in [0.05, 0.1) is 11.4 Å². The standard InChI is InChI=1S/C19H18N8/c1-13-4-6-14(7-5-13)27-18(22)15(11-20)16(26-27)3-2-8-24-19-17(12-21)23-9-10-25-19/h4-7,9-10H,2-3,8,22H2,1H3,(H,24,25). The molecule has 0 aliphatic rings. The van der Waals surface area contributed by atoms with Crippen LogP contribution >= 0.6 is 0 Å². The van der Waals surface area contributed by atoms with E-state index in [-0.39, 0.29) is 5.69 Å². The lowest BCUT2D eigenvalue weighted by molar-refractivity contribution is 0.788. The molecule has 8 heteroatoms. The summed E-state index contributed by atoms with van der Waals surface area (Å²) < 4.78 is 1.59. The number of aromatic nitrogens is 4. The number of rotatable bonds is 6. The summed E-state index contributed by atoms with van der Waals surface area (Å²) in [5.74, 6) is 0.787. The van der Waals surface area contributed by atoms with Gasteiger partial charge in [0.1, 0.15) is 23.5 Å². The van der Waals surface area contributed by atoms with Crippen molar-refractivity contribution in [3.8, 4) is 17.8 Å². The number of nitrogens with zero attached hydrogens (tertiary/aromatic N) is 6. The molecular weight excluding hydrogens is 340 g/mol. The molecule has 27 heavy (non-hydrogen) atoms. The van der Waals surface area contributed by atoms with Crippen molar-refractivity contribution in [2.75, 3.05) is 17.6 Å². The zero-order valence-corrected chi connectivity index (χ0v) is 14.8. The molecular formula is C19H18N8. The molecule has 0 aliphatic heterocycles. The van der Waals surface area contributed by atoms with Crippen molar-refractivity contribution in [2.45, 2.75) is 19.8 Å². The minimum Gasteiger partial charge on any atom is -0.382 e. The molecule has 0 spiro atoms. The van der Waals surface area contributed by atoms with Crippen molar-refractivity contribution < 1.29 is 0 Å². The van der Waals surface area contributed by atoms with Gasteiger partial charge in [-0.2, -0.15) is 15.6 Å². The fourth-order valence-corrected chi connectivity index (χ4v) is 2.67. The van der Waals surface area contributed by atoms with Gasteiger partial charge in [0.2, 0.25) is 0 Å². The van der Waals surface area contributed by atoms with Gasteiger partial charge in [-0.1, -0.05) is 17.7 Å².